The zero-order valence-corrected chi connectivity index (χ0v) is 11.1. The molecule has 0 spiro atoms. The normalized spacial score (nSPS) is 14.3. The van der Waals surface area contributed by atoms with Crippen LogP contribution in [0.2, 0.25) is 0 Å². The summed E-state index contributed by atoms with van der Waals surface area (Å²) in [6, 6.07) is 0.627. The molecular formula is C13H28N2. The molecule has 0 rings (SSSR count). The third kappa shape index (κ3) is 5.95. The number of hydrogen-bond acceptors (Lipinski definition) is 2. The van der Waals surface area contributed by atoms with E-state index in [0.717, 1.165) is 13.0 Å². The number of likely N-dealkylation sites (N-methyl/N-ethyl adjacent to an activating group) is 1. The zero-order chi connectivity index (χ0) is 11.9. The van der Waals surface area contributed by atoms with Crippen LogP contribution in [-0.2, 0) is 0 Å². The number of rotatable bonds is 8. The highest BCUT2D eigenvalue weighted by Crippen LogP contribution is 2.10. The monoisotopic (exact) mass is 212 g/mol. The third-order valence-corrected chi connectivity index (χ3v) is 3.25. The molecule has 0 saturated heterocycles. The van der Waals surface area contributed by atoms with Gasteiger partial charge in [-0.25, -0.2) is 0 Å². The maximum absolute atomic E-state index is 3.77. The van der Waals surface area contributed by atoms with Gasteiger partial charge in [0.25, 0.3) is 0 Å². The molecule has 0 saturated carbocycles. The molecular weight excluding hydrogens is 184 g/mol. The lowest BCUT2D eigenvalue weighted by atomic mass is 10.0. The second kappa shape index (κ2) is 7.02. The standard InChI is InChI=1S/C13H28N2/c1-7-9-10-12(8-2)14-11-13(3,4)15(5)6/h7,12,14H,1,8-11H2,2-6H3. The highest BCUT2D eigenvalue weighted by Gasteiger charge is 2.20. The number of nitrogens with zero attached hydrogens (tertiary/aromatic N) is 1. The Bertz CT molecular complexity index is 173. The van der Waals surface area contributed by atoms with E-state index in [-0.39, 0.29) is 5.54 Å². The second-order valence-corrected chi connectivity index (χ2v) is 5.06. The lowest BCUT2D eigenvalue weighted by Gasteiger charge is -2.34. The molecule has 0 fully saturated rings. The van der Waals surface area contributed by atoms with Crippen LogP contribution in [0.15, 0.2) is 12.7 Å². The topological polar surface area (TPSA) is 15.3 Å². The third-order valence-electron chi connectivity index (χ3n) is 3.25. The molecule has 1 N–H and O–H groups in total. The van der Waals surface area contributed by atoms with Crippen molar-refractivity contribution < 1.29 is 0 Å². The van der Waals surface area contributed by atoms with E-state index >= 15 is 0 Å². The van der Waals surface area contributed by atoms with Crippen LogP contribution in [0.5, 0.6) is 0 Å². The van der Waals surface area contributed by atoms with Crippen LogP contribution < -0.4 is 5.32 Å². The zero-order valence-electron chi connectivity index (χ0n) is 11.1. The van der Waals surface area contributed by atoms with Gasteiger partial charge in [-0.2, -0.15) is 0 Å². The molecule has 0 bridgehead atoms. The van der Waals surface area contributed by atoms with Crippen molar-refractivity contribution in [1.82, 2.24) is 10.2 Å². The SMILES string of the molecule is C=CCCC(CC)NCC(C)(C)N(C)C. The van der Waals surface area contributed by atoms with Gasteiger partial charge >= 0.3 is 0 Å². The molecule has 90 valence electrons. The van der Waals surface area contributed by atoms with Gasteiger partial charge in [0.2, 0.25) is 0 Å². The van der Waals surface area contributed by atoms with Crippen molar-refractivity contribution in [3.8, 4) is 0 Å². The van der Waals surface area contributed by atoms with Gasteiger partial charge in [0, 0.05) is 18.1 Å². The van der Waals surface area contributed by atoms with Gasteiger partial charge in [-0.3, -0.25) is 0 Å². The molecule has 0 aliphatic rings. The molecule has 1 unspecified atom stereocenters. The Labute approximate surface area is 95.7 Å². The minimum atomic E-state index is 0.224. The molecule has 1 atom stereocenters. The molecule has 15 heavy (non-hydrogen) atoms. The summed E-state index contributed by atoms with van der Waals surface area (Å²) in [5.41, 5.74) is 0.224. The summed E-state index contributed by atoms with van der Waals surface area (Å²) in [6.07, 6.45) is 5.50. The Morgan fingerprint density at radius 2 is 2.00 bits per heavy atom. The van der Waals surface area contributed by atoms with Gasteiger partial charge in [0.05, 0.1) is 0 Å². The van der Waals surface area contributed by atoms with Crippen molar-refractivity contribution in [3.63, 3.8) is 0 Å². The lowest BCUT2D eigenvalue weighted by molar-refractivity contribution is 0.182. The van der Waals surface area contributed by atoms with Crippen LogP contribution in [0.25, 0.3) is 0 Å². The summed E-state index contributed by atoms with van der Waals surface area (Å²) >= 11 is 0. The summed E-state index contributed by atoms with van der Waals surface area (Å²) < 4.78 is 0. The minimum absolute atomic E-state index is 0.224. The average Bonchev–Trinajstić information content (AvgIpc) is 2.18. The van der Waals surface area contributed by atoms with Gasteiger partial charge in [-0.05, 0) is 47.2 Å². The molecule has 0 aromatic heterocycles. The van der Waals surface area contributed by atoms with Crippen molar-refractivity contribution in [2.24, 2.45) is 0 Å². The largest absolute Gasteiger partial charge is 0.312 e. The Balaban J connectivity index is 3.93. The molecule has 0 aromatic carbocycles. The summed E-state index contributed by atoms with van der Waals surface area (Å²) in [6.45, 7) is 11.6. The van der Waals surface area contributed by atoms with Crippen molar-refractivity contribution in [3.05, 3.63) is 12.7 Å². The van der Waals surface area contributed by atoms with Crippen LogP contribution in [0.3, 0.4) is 0 Å². The van der Waals surface area contributed by atoms with Crippen molar-refractivity contribution in [2.75, 3.05) is 20.6 Å². The van der Waals surface area contributed by atoms with Gasteiger partial charge < -0.3 is 10.2 Å². The number of hydrogen-bond donors (Lipinski definition) is 1. The van der Waals surface area contributed by atoms with Gasteiger partial charge in [0.1, 0.15) is 0 Å². The molecule has 2 nitrogen and oxygen atoms in total. The van der Waals surface area contributed by atoms with Crippen molar-refractivity contribution in [2.45, 2.75) is 51.6 Å². The second-order valence-electron chi connectivity index (χ2n) is 5.06. The molecule has 0 amide bonds. The van der Waals surface area contributed by atoms with Crippen LogP contribution in [-0.4, -0.2) is 37.1 Å². The minimum Gasteiger partial charge on any atom is -0.312 e. The summed E-state index contributed by atoms with van der Waals surface area (Å²) in [7, 11) is 4.26. The van der Waals surface area contributed by atoms with Crippen LogP contribution in [0.1, 0.15) is 40.0 Å². The first-order chi connectivity index (χ1) is 6.94. The number of nitrogens with one attached hydrogen (secondary N) is 1. The maximum atomic E-state index is 3.77. The molecule has 0 aromatic rings. The van der Waals surface area contributed by atoms with Gasteiger partial charge in [-0.1, -0.05) is 13.0 Å². The van der Waals surface area contributed by atoms with E-state index in [1.165, 1.54) is 12.8 Å². The fraction of sp³-hybridized carbons (Fsp3) is 0.846. The Hall–Kier alpha value is -0.340. The van der Waals surface area contributed by atoms with Crippen LogP contribution in [0, 0.1) is 0 Å². The Morgan fingerprint density at radius 1 is 1.40 bits per heavy atom. The Kier molecular flexibility index (Phi) is 6.86. The number of allylic oxidation sites excluding steroid dienone is 1. The first kappa shape index (κ1) is 14.7. The van der Waals surface area contributed by atoms with E-state index in [1.807, 2.05) is 6.08 Å². The van der Waals surface area contributed by atoms with E-state index in [4.69, 9.17) is 0 Å². The van der Waals surface area contributed by atoms with Crippen molar-refractivity contribution in [1.29, 1.82) is 0 Å². The average molecular weight is 212 g/mol. The summed E-state index contributed by atoms with van der Waals surface area (Å²) in [4.78, 5) is 2.26. The molecule has 0 aliphatic carbocycles. The van der Waals surface area contributed by atoms with Crippen LogP contribution >= 0.6 is 0 Å². The predicted molar refractivity (Wildman–Crippen MR) is 69.3 cm³/mol. The van der Waals surface area contributed by atoms with E-state index < -0.39 is 0 Å². The molecule has 0 aliphatic heterocycles. The van der Waals surface area contributed by atoms with Gasteiger partial charge in [0.15, 0.2) is 0 Å². The van der Waals surface area contributed by atoms with Crippen molar-refractivity contribution >= 4 is 0 Å². The van der Waals surface area contributed by atoms with E-state index in [9.17, 15) is 0 Å². The highest BCUT2D eigenvalue weighted by molar-refractivity contribution is 4.82. The van der Waals surface area contributed by atoms with E-state index in [0.29, 0.717) is 6.04 Å². The van der Waals surface area contributed by atoms with E-state index in [2.05, 4.69) is 51.7 Å². The Morgan fingerprint density at radius 3 is 2.40 bits per heavy atom. The fourth-order valence-electron chi connectivity index (χ4n) is 1.32. The smallest absolute Gasteiger partial charge is 0.0271 e. The molecule has 0 radical (unpaired) electrons. The summed E-state index contributed by atoms with van der Waals surface area (Å²) in [5.74, 6) is 0. The first-order valence-electron chi connectivity index (χ1n) is 5.95. The first-order valence-corrected chi connectivity index (χ1v) is 5.95. The van der Waals surface area contributed by atoms with Gasteiger partial charge in [-0.15, -0.1) is 6.58 Å². The van der Waals surface area contributed by atoms with Crippen LogP contribution in [0.4, 0.5) is 0 Å². The summed E-state index contributed by atoms with van der Waals surface area (Å²) in [5, 5.41) is 3.64. The highest BCUT2D eigenvalue weighted by atomic mass is 15.2. The predicted octanol–water partition coefficient (Wildman–Crippen LogP) is 2.66. The van der Waals surface area contributed by atoms with E-state index in [1.54, 1.807) is 0 Å². The lowest BCUT2D eigenvalue weighted by Crippen LogP contribution is -2.49. The molecule has 2 heteroatoms. The quantitative estimate of drug-likeness (QED) is 0.622. The fourth-order valence-corrected chi connectivity index (χ4v) is 1.32. The maximum Gasteiger partial charge on any atom is 0.0271 e. The molecule has 0 heterocycles.